The van der Waals surface area contributed by atoms with E-state index in [1.54, 1.807) is 18.2 Å². The van der Waals surface area contributed by atoms with Gasteiger partial charge in [-0.3, -0.25) is 5.43 Å². The molecule has 23 heavy (non-hydrogen) atoms. The summed E-state index contributed by atoms with van der Waals surface area (Å²) in [6, 6.07) is 16.7. The first-order valence-electron chi connectivity index (χ1n) is 6.59. The molecule has 0 bridgehead atoms. The molecule has 0 fully saturated rings. The zero-order valence-electron chi connectivity index (χ0n) is 11.7. The maximum absolute atomic E-state index is 8.66. The molecule has 0 radical (unpaired) electrons. The van der Waals surface area contributed by atoms with Crippen LogP contribution in [0.15, 0.2) is 52.0 Å². The van der Waals surface area contributed by atoms with E-state index in [9.17, 15) is 0 Å². The van der Waals surface area contributed by atoms with Gasteiger partial charge in [-0.25, -0.2) is 4.98 Å². The molecule has 1 aromatic heterocycles. The van der Waals surface area contributed by atoms with Gasteiger partial charge in [0.1, 0.15) is 18.0 Å². The van der Waals surface area contributed by atoms with E-state index in [-0.39, 0.29) is 5.71 Å². The summed E-state index contributed by atoms with van der Waals surface area (Å²) in [6.07, 6.45) is 0. The predicted molar refractivity (Wildman–Crippen MR) is 91.5 cm³/mol. The first-order valence-corrected chi connectivity index (χ1v) is 7.38. The highest BCUT2D eigenvalue weighted by atomic mass is 79.9. The Labute approximate surface area is 140 Å². The predicted octanol–water partition coefficient (Wildman–Crippen LogP) is 3.81. The molecule has 0 aliphatic rings. The fraction of sp³-hybridized carbons (Fsp3) is 0. The molecule has 2 aromatic carbocycles. The Bertz CT molecular complexity index is 956. The normalized spacial score (nSPS) is 9.87. The SMILES string of the molecule is N#CC(C#N)=NNc1ccc2nc(-c3ccc(Br)cc3)[nH]c2c1. The number of rotatable bonds is 3. The molecular weight excluding hydrogens is 356 g/mol. The summed E-state index contributed by atoms with van der Waals surface area (Å²) in [5.74, 6) is 0.767. The van der Waals surface area contributed by atoms with Crippen LogP contribution in [0.5, 0.6) is 0 Å². The third-order valence-electron chi connectivity index (χ3n) is 3.11. The summed E-state index contributed by atoms with van der Waals surface area (Å²) in [6.45, 7) is 0. The van der Waals surface area contributed by atoms with Crippen molar-refractivity contribution in [1.29, 1.82) is 10.5 Å². The van der Waals surface area contributed by atoms with Crippen LogP contribution >= 0.6 is 15.9 Å². The Kier molecular flexibility index (Phi) is 4.05. The van der Waals surface area contributed by atoms with E-state index in [4.69, 9.17) is 10.5 Å². The highest BCUT2D eigenvalue weighted by molar-refractivity contribution is 9.10. The van der Waals surface area contributed by atoms with Crippen molar-refractivity contribution < 1.29 is 0 Å². The van der Waals surface area contributed by atoms with Crippen molar-refractivity contribution in [1.82, 2.24) is 9.97 Å². The van der Waals surface area contributed by atoms with Crippen LogP contribution in [0.25, 0.3) is 22.4 Å². The first-order chi connectivity index (χ1) is 11.2. The van der Waals surface area contributed by atoms with Crippen LogP contribution < -0.4 is 5.43 Å². The molecule has 0 saturated heterocycles. The Morgan fingerprint density at radius 3 is 2.57 bits per heavy atom. The minimum Gasteiger partial charge on any atom is -0.338 e. The van der Waals surface area contributed by atoms with Gasteiger partial charge in [0, 0.05) is 10.0 Å². The maximum Gasteiger partial charge on any atom is 0.237 e. The largest absolute Gasteiger partial charge is 0.338 e. The summed E-state index contributed by atoms with van der Waals surface area (Å²) < 4.78 is 1.01. The number of H-pyrrole nitrogens is 1. The number of hydrogen-bond donors (Lipinski definition) is 2. The molecule has 2 N–H and O–H groups in total. The maximum atomic E-state index is 8.66. The highest BCUT2D eigenvalue weighted by Crippen LogP contribution is 2.24. The molecule has 0 amide bonds. The average Bonchev–Trinajstić information content (AvgIpc) is 2.99. The topological polar surface area (TPSA) is 101 Å². The van der Waals surface area contributed by atoms with E-state index in [1.165, 1.54) is 0 Å². The van der Waals surface area contributed by atoms with E-state index >= 15 is 0 Å². The first kappa shape index (κ1) is 14.8. The lowest BCUT2D eigenvalue weighted by molar-refractivity contribution is 1.33. The van der Waals surface area contributed by atoms with Gasteiger partial charge in [-0.15, -0.1) is 0 Å². The van der Waals surface area contributed by atoms with Crippen molar-refractivity contribution in [3.05, 3.63) is 46.9 Å². The minimum atomic E-state index is -0.231. The number of benzene rings is 2. The summed E-state index contributed by atoms with van der Waals surface area (Å²) >= 11 is 3.41. The number of imidazole rings is 1. The van der Waals surface area contributed by atoms with Crippen molar-refractivity contribution in [2.24, 2.45) is 5.10 Å². The molecule has 3 aromatic rings. The number of halogens is 1. The number of aromatic nitrogens is 2. The third-order valence-corrected chi connectivity index (χ3v) is 3.64. The monoisotopic (exact) mass is 364 g/mol. The van der Waals surface area contributed by atoms with Crippen molar-refractivity contribution in [2.45, 2.75) is 0 Å². The lowest BCUT2D eigenvalue weighted by Gasteiger charge is -1.98. The highest BCUT2D eigenvalue weighted by Gasteiger charge is 2.06. The molecular formula is C16H9BrN6. The minimum absolute atomic E-state index is 0.231. The molecule has 0 saturated carbocycles. The molecule has 6 nitrogen and oxygen atoms in total. The van der Waals surface area contributed by atoms with Crippen LogP contribution in [0.2, 0.25) is 0 Å². The van der Waals surface area contributed by atoms with E-state index in [2.05, 4.69) is 36.4 Å². The van der Waals surface area contributed by atoms with Gasteiger partial charge in [-0.2, -0.15) is 15.6 Å². The molecule has 110 valence electrons. The number of hydrogen-bond acceptors (Lipinski definition) is 5. The molecule has 0 atom stereocenters. The zero-order chi connectivity index (χ0) is 16.2. The summed E-state index contributed by atoms with van der Waals surface area (Å²) in [5, 5.41) is 21.0. The number of nitriles is 2. The molecule has 0 aliphatic heterocycles. The number of nitrogens with one attached hydrogen (secondary N) is 2. The van der Waals surface area contributed by atoms with Gasteiger partial charge in [0.2, 0.25) is 5.71 Å². The molecule has 1 heterocycles. The Balaban J connectivity index is 1.92. The van der Waals surface area contributed by atoms with Gasteiger partial charge >= 0.3 is 0 Å². The average molecular weight is 365 g/mol. The van der Waals surface area contributed by atoms with Gasteiger partial charge in [-0.1, -0.05) is 28.1 Å². The second kappa shape index (κ2) is 6.30. The van der Waals surface area contributed by atoms with Crippen molar-refractivity contribution >= 4 is 38.4 Å². The Morgan fingerprint density at radius 2 is 1.87 bits per heavy atom. The molecule has 0 spiro atoms. The van der Waals surface area contributed by atoms with Crippen LogP contribution in [0, 0.1) is 22.7 Å². The number of hydrazone groups is 1. The molecule has 0 unspecified atom stereocenters. The second-order valence-electron chi connectivity index (χ2n) is 4.62. The number of nitrogens with zero attached hydrogens (tertiary/aromatic N) is 4. The second-order valence-corrected chi connectivity index (χ2v) is 5.54. The lowest BCUT2D eigenvalue weighted by Crippen LogP contribution is -1.96. The molecule has 7 heteroatoms. The molecule has 3 rings (SSSR count). The quantitative estimate of drug-likeness (QED) is 0.544. The van der Waals surface area contributed by atoms with E-state index in [1.807, 2.05) is 36.4 Å². The smallest absolute Gasteiger partial charge is 0.237 e. The van der Waals surface area contributed by atoms with Crippen molar-refractivity contribution in [3.63, 3.8) is 0 Å². The van der Waals surface area contributed by atoms with Crippen molar-refractivity contribution in [2.75, 3.05) is 5.43 Å². The standard InChI is InChI=1S/C16H9BrN6/c17-11-3-1-10(2-4-11)16-20-14-6-5-12(7-15(14)21-16)22-23-13(8-18)9-19/h1-7,22H,(H,20,21). The van der Waals surface area contributed by atoms with Crippen LogP contribution in [-0.2, 0) is 0 Å². The molecule has 0 aliphatic carbocycles. The zero-order valence-corrected chi connectivity index (χ0v) is 13.3. The van der Waals surface area contributed by atoms with Gasteiger partial charge in [0.15, 0.2) is 0 Å². The fourth-order valence-electron chi connectivity index (χ4n) is 2.02. The van der Waals surface area contributed by atoms with Gasteiger partial charge in [0.25, 0.3) is 0 Å². The van der Waals surface area contributed by atoms with E-state index < -0.39 is 0 Å². The summed E-state index contributed by atoms with van der Waals surface area (Å²) in [4.78, 5) is 7.78. The Morgan fingerprint density at radius 1 is 1.13 bits per heavy atom. The lowest BCUT2D eigenvalue weighted by atomic mass is 10.2. The van der Waals surface area contributed by atoms with E-state index in [0.717, 1.165) is 26.9 Å². The van der Waals surface area contributed by atoms with Crippen LogP contribution in [0.1, 0.15) is 0 Å². The van der Waals surface area contributed by atoms with E-state index in [0.29, 0.717) is 5.69 Å². The van der Waals surface area contributed by atoms with Gasteiger partial charge in [0.05, 0.1) is 16.7 Å². The van der Waals surface area contributed by atoms with Gasteiger partial charge < -0.3 is 4.98 Å². The number of anilines is 1. The van der Waals surface area contributed by atoms with Crippen LogP contribution in [0.4, 0.5) is 5.69 Å². The van der Waals surface area contributed by atoms with Crippen LogP contribution in [0.3, 0.4) is 0 Å². The number of aromatic amines is 1. The van der Waals surface area contributed by atoms with Crippen LogP contribution in [-0.4, -0.2) is 15.7 Å². The Hall–Kier alpha value is -3.16. The summed E-state index contributed by atoms with van der Waals surface area (Å²) in [5.41, 5.74) is 5.74. The van der Waals surface area contributed by atoms with Gasteiger partial charge in [-0.05, 0) is 30.3 Å². The van der Waals surface area contributed by atoms with Crippen molar-refractivity contribution in [3.8, 4) is 23.5 Å². The summed E-state index contributed by atoms with van der Waals surface area (Å²) in [7, 11) is 0. The number of fused-ring (bicyclic) bond motifs is 1. The fourth-order valence-corrected chi connectivity index (χ4v) is 2.28. The third kappa shape index (κ3) is 3.20.